The number of carbonyl (C=O) groups is 1. The SMILES string of the molecule is CC1(C(=O)Oc2ccc(S(=O)(=O)O)c3c2CCCC3)CC2c3ccccc3C1c1ccccc12. The minimum atomic E-state index is -4.34. The molecule has 0 aliphatic heterocycles. The van der Waals surface area contributed by atoms with Crippen molar-refractivity contribution in [2.75, 3.05) is 0 Å². The van der Waals surface area contributed by atoms with E-state index in [-0.39, 0.29) is 22.7 Å². The second-order valence-electron chi connectivity index (χ2n) is 9.96. The molecule has 4 aliphatic rings. The maximum atomic E-state index is 13.9. The van der Waals surface area contributed by atoms with Crippen molar-refractivity contribution in [2.45, 2.75) is 55.8 Å². The first-order valence-corrected chi connectivity index (χ1v) is 13.3. The van der Waals surface area contributed by atoms with Gasteiger partial charge in [0.1, 0.15) is 5.75 Å². The van der Waals surface area contributed by atoms with E-state index in [1.165, 1.54) is 34.4 Å². The summed E-state index contributed by atoms with van der Waals surface area (Å²) in [5, 5.41) is 0. The quantitative estimate of drug-likeness (QED) is 0.312. The van der Waals surface area contributed by atoms with E-state index >= 15 is 0 Å². The van der Waals surface area contributed by atoms with Crippen molar-refractivity contribution in [2.24, 2.45) is 5.41 Å². The number of esters is 1. The lowest BCUT2D eigenvalue weighted by Gasteiger charge is -2.50. The van der Waals surface area contributed by atoms with Crippen LogP contribution in [0.4, 0.5) is 0 Å². The Hall–Kier alpha value is -2.96. The molecule has 0 radical (unpaired) electrons. The second-order valence-corrected chi connectivity index (χ2v) is 11.3. The van der Waals surface area contributed by atoms with Gasteiger partial charge in [0, 0.05) is 11.8 Å². The summed E-state index contributed by atoms with van der Waals surface area (Å²) < 4.78 is 39.6. The molecule has 7 rings (SSSR count). The van der Waals surface area contributed by atoms with Crippen LogP contribution in [0.5, 0.6) is 5.75 Å². The van der Waals surface area contributed by atoms with Gasteiger partial charge in [0.2, 0.25) is 0 Å². The van der Waals surface area contributed by atoms with E-state index in [0.29, 0.717) is 30.6 Å². The van der Waals surface area contributed by atoms with Gasteiger partial charge in [0.25, 0.3) is 10.1 Å². The molecule has 6 heteroatoms. The Morgan fingerprint density at radius 2 is 1.44 bits per heavy atom. The van der Waals surface area contributed by atoms with Gasteiger partial charge in [-0.3, -0.25) is 9.35 Å². The maximum Gasteiger partial charge on any atom is 0.318 e. The smallest absolute Gasteiger partial charge is 0.318 e. The Morgan fingerprint density at radius 1 is 0.882 bits per heavy atom. The number of fused-ring (bicyclic) bond motifs is 2. The average molecular weight is 475 g/mol. The highest BCUT2D eigenvalue weighted by Gasteiger charge is 2.55. The van der Waals surface area contributed by atoms with Crippen molar-refractivity contribution in [3.8, 4) is 5.75 Å². The van der Waals surface area contributed by atoms with E-state index in [1.807, 2.05) is 19.1 Å². The van der Waals surface area contributed by atoms with Gasteiger partial charge in [0.05, 0.1) is 10.3 Å². The van der Waals surface area contributed by atoms with Gasteiger partial charge in [-0.05, 0) is 84.5 Å². The average Bonchev–Trinajstić information content (AvgIpc) is 2.83. The maximum absolute atomic E-state index is 13.9. The molecular weight excluding hydrogens is 448 g/mol. The van der Waals surface area contributed by atoms with Crippen molar-refractivity contribution in [3.05, 3.63) is 94.0 Å². The van der Waals surface area contributed by atoms with Gasteiger partial charge in [0.15, 0.2) is 0 Å². The number of hydrogen-bond donors (Lipinski definition) is 1. The lowest BCUT2D eigenvalue weighted by Crippen LogP contribution is -2.46. The first-order valence-electron chi connectivity index (χ1n) is 11.8. The lowest BCUT2D eigenvalue weighted by atomic mass is 9.53. The molecule has 3 aromatic rings. The summed E-state index contributed by atoms with van der Waals surface area (Å²) in [5.74, 6) is 0.145. The van der Waals surface area contributed by atoms with Gasteiger partial charge in [-0.15, -0.1) is 0 Å². The van der Waals surface area contributed by atoms with Crippen LogP contribution in [0.15, 0.2) is 65.6 Å². The summed E-state index contributed by atoms with van der Waals surface area (Å²) in [6.07, 6.45) is 3.54. The van der Waals surface area contributed by atoms with Crippen LogP contribution in [0.1, 0.15) is 71.4 Å². The van der Waals surface area contributed by atoms with Crippen molar-refractivity contribution in [1.29, 1.82) is 0 Å². The van der Waals surface area contributed by atoms with Gasteiger partial charge in [-0.25, -0.2) is 0 Å². The first kappa shape index (κ1) is 21.6. The molecule has 0 spiro atoms. The topological polar surface area (TPSA) is 80.7 Å². The summed E-state index contributed by atoms with van der Waals surface area (Å²) in [5.41, 5.74) is 5.47. The summed E-state index contributed by atoms with van der Waals surface area (Å²) in [4.78, 5) is 13.8. The van der Waals surface area contributed by atoms with Crippen molar-refractivity contribution in [3.63, 3.8) is 0 Å². The molecule has 1 unspecified atom stereocenters. The molecular formula is C28H26O5S. The molecule has 0 saturated carbocycles. The zero-order valence-corrected chi connectivity index (χ0v) is 19.8. The predicted molar refractivity (Wildman–Crippen MR) is 128 cm³/mol. The second kappa shape index (κ2) is 7.52. The molecule has 0 saturated heterocycles. The van der Waals surface area contributed by atoms with Crippen LogP contribution in [0.3, 0.4) is 0 Å². The number of benzene rings is 3. The van der Waals surface area contributed by atoms with Gasteiger partial charge in [-0.2, -0.15) is 8.42 Å². The highest BCUT2D eigenvalue weighted by molar-refractivity contribution is 7.85. The summed E-state index contributed by atoms with van der Waals surface area (Å²) in [6, 6.07) is 19.6. The predicted octanol–water partition coefficient (Wildman–Crippen LogP) is 5.40. The van der Waals surface area contributed by atoms with Crippen molar-refractivity contribution >= 4 is 16.1 Å². The summed E-state index contributed by atoms with van der Waals surface area (Å²) in [7, 11) is -4.34. The Kier molecular flexibility index (Phi) is 4.77. The molecule has 4 aliphatic carbocycles. The standard InChI is InChI=1S/C28H26O5S/c1-28(16-23-17-8-2-6-12-21(17)26(28)22-13-7-3-9-18(22)23)27(29)33-24-14-15-25(34(30,31)32)20-11-5-4-10-19(20)24/h2-3,6-9,12-15,23,26H,4-5,10-11,16H2,1H3,(H,30,31,32). The Balaban J connectivity index is 1.42. The first-order chi connectivity index (χ1) is 16.3. The molecule has 0 heterocycles. The van der Waals surface area contributed by atoms with Crippen molar-refractivity contribution in [1.82, 2.24) is 0 Å². The van der Waals surface area contributed by atoms with E-state index in [4.69, 9.17) is 4.74 Å². The van der Waals surface area contributed by atoms with E-state index < -0.39 is 15.5 Å². The van der Waals surface area contributed by atoms with E-state index in [1.54, 1.807) is 0 Å². The normalized spacial score (nSPS) is 24.6. The summed E-state index contributed by atoms with van der Waals surface area (Å²) in [6.45, 7) is 2.00. The molecule has 2 bridgehead atoms. The van der Waals surface area contributed by atoms with E-state index in [2.05, 4.69) is 36.4 Å². The molecule has 1 atom stereocenters. The number of hydrogen-bond acceptors (Lipinski definition) is 4. The zero-order chi connectivity index (χ0) is 23.7. The van der Waals surface area contributed by atoms with Gasteiger partial charge >= 0.3 is 5.97 Å². The highest BCUT2D eigenvalue weighted by atomic mass is 32.2. The summed E-state index contributed by atoms with van der Waals surface area (Å²) >= 11 is 0. The molecule has 174 valence electrons. The van der Waals surface area contributed by atoms with E-state index in [0.717, 1.165) is 18.4 Å². The third kappa shape index (κ3) is 3.08. The monoisotopic (exact) mass is 474 g/mol. The van der Waals surface area contributed by atoms with Crippen LogP contribution in [-0.2, 0) is 27.8 Å². The van der Waals surface area contributed by atoms with Crippen LogP contribution in [-0.4, -0.2) is 18.9 Å². The van der Waals surface area contributed by atoms with Crippen LogP contribution in [0.2, 0.25) is 0 Å². The highest BCUT2D eigenvalue weighted by Crippen LogP contribution is 2.61. The Labute approximate surface area is 199 Å². The minimum Gasteiger partial charge on any atom is -0.426 e. The number of carbonyl (C=O) groups excluding carboxylic acids is 1. The number of ether oxygens (including phenoxy) is 1. The molecule has 5 nitrogen and oxygen atoms in total. The van der Waals surface area contributed by atoms with E-state index in [9.17, 15) is 17.8 Å². The fraction of sp³-hybridized carbons (Fsp3) is 0.321. The van der Waals surface area contributed by atoms with Crippen molar-refractivity contribution < 1.29 is 22.5 Å². The lowest BCUT2D eigenvalue weighted by molar-refractivity contribution is -0.147. The minimum absolute atomic E-state index is 0.0761. The van der Waals surface area contributed by atoms with Crippen LogP contribution in [0.25, 0.3) is 0 Å². The Bertz CT molecular complexity index is 1390. The fourth-order valence-corrected chi connectivity index (χ4v) is 7.30. The molecule has 0 amide bonds. The third-order valence-corrected chi connectivity index (χ3v) is 8.96. The fourth-order valence-electron chi connectivity index (χ4n) is 6.52. The molecule has 0 aromatic heterocycles. The van der Waals surface area contributed by atoms with Gasteiger partial charge in [-0.1, -0.05) is 48.5 Å². The van der Waals surface area contributed by atoms with Crippen LogP contribution in [0, 0.1) is 5.41 Å². The Morgan fingerprint density at radius 3 is 2.03 bits per heavy atom. The van der Waals surface area contributed by atoms with Gasteiger partial charge < -0.3 is 4.74 Å². The zero-order valence-electron chi connectivity index (χ0n) is 19.0. The molecule has 3 aromatic carbocycles. The van der Waals surface area contributed by atoms with Crippen LogP contribution >= 0.6 is 0 Å². The molecule has 1 N–H and O–H groups in total. The van der Waals surface area contributed by atoms with Crippen LogP contribution < -0.4 is 4.74 Å². The number of rotatable bonds is 3. The molecule has 0 fully saturated rings. The third-order valence-electron chi connectivity index (χ3n) is 8.03. The molecule has 34 heavy (non-hydrogen) atoms. The largest absolute Gasteiger partial charge is 0.426 e.